The van der Waals surface area contributed by atoms with Crippen LogP contribution in [0.5, 0.6) is 0 Å². The van der Waals surface area contributed by atoms with Crippen LogP contribution in [0, 0.1) is 6.92 Å². The molecule has 1 fully saturated rings. The van der Waals surface area contributed by atoms with E-state index >= 15 is 0 Å². The number of aromatic nitrogens is 3. The highest BCUT2D eigenvalue weighted by Gasteiger charge is 2.25. The van der Waals surface area contributed by atoms with Gasteiger partial charge in [-0.05, 0) is 32.6 Å². The lowest BCUT2D eigenvalue weighted by Crippen LogP contribution is -2.44. The minimum atomic E-state index is 0.138. The van der Waals surface area contributed by atoms with E-state index in [1.165, 1.54) is 18.2 Å². The third kappa shape index (κ3) is 3.74. The van der Waals surface area contributed by atoms with Gasteiger partial charge in [-0.3, -0.25) is 4.79 Å². The lowest BCUT2D eigenvalue weighted by molar-refractivity contribution is -0.132. The molecule has 124 valence electrons. The van der Waals surface area contributed by atoms with Crippen molar-refractivity contribution in [1.82, 2.24) is 20.3 Å². The first-order valence-electron chi connectivity index (χ1n) is 7.87. The Morgan fingerprint density at radius 3 is 3.04 bits per heavy atom. The molecule has 1 atom stereocenters. The third-order valence-corrected chi connectivity index (χ3v) is 4.79. The van der Waals surface area contributed by atoms with Crippen molar-refractivity contribution in [3.05, 3.63) is 11.8 Å². The van der Waals surface area contributed by atoms with Crippen molar-refractivity contribution in [2.75, 3.05) is 12.3 Å². The fourth-order valence-electron chi connectivity index (χ4n) is 2.80. The van der Waals surface area contributed by atoms with Crippen LogP contribution >= 0.6 is 11.8 Å². The van der Waals surface area contributed by atoms with Crippen molar-refractivity contribution in [2.45, 2.75) is 50.8 Å². The molecule has 0 unspecified atom stereocenters. The van der Waals surface area contributed by atoms with Crippen LogP contribution in [0.4, 0.5) is 0 Å². The fraction of sp³-hybridized carbons (Fsp3) is 0.600. The fourth-order valence-corrected chi connectivity index (χ4v) is 3.45. The minimum Gasteiger partial charge on any atom is -0.409 e. The monoisotopic (exact) mass is 336 g/mol. The maximum absolute atomic E-state index is 12.4. The van der Waals surface area contributed by atoms with Crippen LogP contribution in [-0.4, -0.2) is 44.5 Å². The maximum Gasteiger partial charge on any atom is 0.277 e. The standard InChI is InChI=1S/C15H20N4O3S/c1-3-11-6-4-5-7-19(11)13(20)9-23-15-17-16-14(21-15)12-8-10(2)22-18-12/h8,11H,3-7,9H2,1-2H3/t11-/m1/s1. The lowest BCUT2D eigenvalue weighted by atomic mass is 10.0. The molecule has 2 aromatic rings. The second-order valence-electron chi connectivity index (χ2n) is 5.63. The topological polar surface area (TPSA) is 85.3 Å². The molecule has 0 saturated carbocycles. The number of carbonyl (C=O) groups excluding carboxylic acids is 1. The van der Waals surface area contributed by atoms with Crippen LogP contribution in [0.2, 0.25) is 0 Å². The number of carbonyl (C=O) groups is 1. The smallest absolute Gasteiger partial charge is 0.277 e. The number of hydrogen-bond acceptors (Lipinski definition) is 7. The van der Waals surface area contributed by atoms with Crippen molar-refractivity contribution >= 4 is 17.7 Å². The van der Waals surface area contributed by atoms with E-state index in [4.69, 9.17) is 8.94 Å². The van der Waals surface area contributed by atoms with Crippen LogP contribution in [0.15, 0.2) is 20.2 Å². The zero-order valence-electron chi connectivity index (χ0n) is 13.3. The van der Waals surface area contributed by atoms with Crippen molar-refractivity contribution in [2.24, 2.45) is 0 Å². The largest absolute Gasteiger partial charge is 0.409 e. The van der Waals surface area contributed by atoms with Gasteiger partial charge in [0.15, 0.2) is 5.69 Å². The van der Waals surface area contributed by atoms with E-state index in [0.717, 1.165) is 25.8 Å². The number of nitrogens with zero attached hydrogens (tertiary/aromatic N) is 4. The molecular weight excluding hydrogens is 316 g/mol. The Morgan fingerprint density at radius 2 is 2.30 bits per heavy atom. The van der Waals surface area contributed by atoms with Crippen molar-refractivity contribution < 1.29 is 13.7 Å². The number of piperidine rings is 1. The van der Waals surface area contributed by atoms with E-state index in [2.05, 4.69) is 22.3 Å². The Labute approximate surface area is 138 Å². The van der Waals surface area contributed by atoms with Crippen LogP contribution in [0.1, 0.15) is 38.4 Å². The molecule has 0 radical (unpaired) electrons. The van der Waals surface area contributed by atoms with E-state index < -0.39 is 0 Å². The summed E-state index contributed by atoms with van der Waals surface area (Å²) in [5, 5.41) is 12.1. The number of thioether (sulfide) groups is 1. The molecule has 0 aromatic carbocycles. The van der Waals surface area contributed by atoms with Gasteiger partial charge in [0, 0.05) is 18.7 Å². The molecule has 3 heterocycles. The average Bonchev–Trinajstić information content (AvgIpc) is 3.21. The molecule has 8 heteroatoms. The van der Waals surface area contributed by atoms with Gasteiger partial charge < -0.3 is 13.8 Å². The van der Waals surface area contributed by atoms with E-state index in [9.17, 15) is 4.79 Å². The molecule has 1 amide bonds. The van der Waals surface area contributed by atoms with Crippen LogP contribution in [0.3, 0.4) is 0 Å². The highest BCUT2D eigenvalue weighted by molar-refractivity contribution is 7.99. The van der Waals surface area contributed by atoms with Crippen LogP contribution in [0.25, 0.3) is 11.6 Å². The van der Waals surface area contributed by atoms with Gasteiger partial charge in [-0.1, -0.05) is 23.8 Å². The Hall–Kier alpha value is -1.83. The van der Waals surface area contributed by atoms with Gasteiger partial charge in [0.05, 0.1) is 5.75 Å². The number of aryl methyl sites for hydroxylation is 1. The van der Waals surface area contributed by atoms with Crippen LogP contribution < -0.4 is 0 Å². The molecule has 0 aliphatic carbocycles. The van der Waals surface area contributed by atoms with Gasteiger partial charge in [0.2, 0.25) is 5.91 Å². The maximum atomic E-state index is 12.4. The number of likely N-dealkylation sites (tertiary alicyclic amines) is 1. The molecule has 23 heavy (non-hydrogen) atoms. The second kappa shape index (κ2) is 7.16. The van der Waals surface area contributed by atoms with E-state index in [1.807, 2.05) is 4.90 Å². The highest BCUT2D eigenvalue weighted by Crippen LogP contribution is 2.25. The molecule has 0 spiro atoms. The van der Waals surface area contributed by atoms with Crippen LogP contribution in [-0.2, 0) is 4.79 Å². The minimum absolute atomic E-state index is 0.138. The molecular formula is C15H20N4O3S. The second-order valence-corrected chi connectivity index (χ2v) is 6.56. The van der Waals surface area contributed by atoms with Gasteiger partial charge >= 0.3 is 0 Å². The molecule has 1 aliphatic rings. The number of amides is 1. The lowest BCUT2D eigenvalue weighted by Gasteiger charge is -2.35. The number of rotatable bonds is 5. The molecule has 2 aromatic heterocycles. The summed E-state index contributed by atoms with van der Waals surface area (Å²) in [7, 11) is 0. The van der Waals surface area contributed by atoms with Crippen molar-refractivity contribution in [3.8, 4) is 11.6 Å². The predicted molar refractivity (Wildman–Crippen MR) is 84.9 cm³/mol. The van der Waals surface area contributed by atoms with E-state index in [0.29, 0.717) is 34.4 Å². The quantitative estimate of drug-likeness (QED) is 0.776. The van der Waals surface area contributed by atoms with Gasteiger partial charge in [-0.15, -0.1) is 10.2 Å². The van der Waals surface area contributed by atoms with E-state index in [-0.39, 0.29) is 5.91 Å². The van der Waals surface area contributed by atoms with E-state index in [1.54, 1.807) is 13.0 Å². The molecule has 1 aliphatic heterocycles. The zero-order valence-corrected chi connectivity index (χ0v) is 14.1. The first kappa shape index (κ1) is 16.0. The first-order chi connectivity index (χ1) is 11.2. The summed E-state index contributed by atoms with van der Waals surface area (Å²) in [5.74, 6) is 1.44. The van der Waals surface area contributed by atoms with Gasteiger partial charge in [0.1, 0.15) is 5.76 Å². The summed E-state index contributed by atoms with van der Waals surface area (Å²) in [6.07, 6.45) is 4.40. The van der Waals surface area contributed by atoms with Crippen molar-refractivity contribution in [1.29, 1.82) is 0 Å². The normalized spacial score (nSPS) is 18.3. The summed E-state index contributed by atoms with van der Waals surface area (Å²) in [4.78, 5) is 14.4. The molecule has 3 rings (SSSR count). The molecule has 1 saturated heterocycles. The Bertz CT molecular complexity index is 669. The average molecular weight is 336 g/mol. The Morgan fingerprint density at radius 1 is 1.43 bits per heavy atom. The summed E-state index contributed by atoms with van der Waals surface area (Å²) in [6, 6.07) is 2.10. The predicted octanol–water partition coefficient (Wildman–Crippen LogP) is 2.92. The Kier molecular flexibility index (Phi) is 5.00. The Balaban J connectivity index is 1.58. The van der Waals surface area contributed by atoms with Gasteiger partial charge in [-0.2, -0.15) is 0 Å². The molecule has 7 nitrogen and oxygen atoms in total. The number of hydrogen-bond donors (Lipinski definition) is 0. The highest BCUT2D eigenvalue weighted by atomic mass is 32.2. The summed E-state index contributed by atoms with van der Waals surface area (Å²) in [5.41, 5.74) is 0.509. The SMILES string of the molecule is CC[C@@H]1CCCCN1C(=O)CSc1nnc(-c2cc(C)on2)o1. The first-order valence-corrected chi connectivity index (χ1v) is 8.85. The molecule has 0 bridgehead atoms. The zero-order chi connectivity index (χ0) is 16.2. The van der Waals surface area contributed by atoms with Crippen molar-refractivity contribution in [3.63, 3.8) is 0 Å². The summed E-state index contributed by atoms with van der Waals surface area (Å²) >= 11 is 1.27. The molecule has 0 N–H and O–H groups in total. The summed E-state index contributed by atoms with van der Waals surface area (Å²) in [6.45, 7) is 4.78. The summed E-state index contributed by atoms with van der Waals surface area (Å²) < 4.78 is 10.5. The van der Waals surface area contributed by atoms with Gasteiger partial charge in [-0.25, -0.2) is 0 Å². The van der Waals surface area contributed by atoms with Gasteiger partial charge in [0.25, 0.3) is 11.1 Å². The third-order valence-electron chi connectivity index (χ3n) is 3.99.